The van der Waals surface area contributed by atoms with Crippen LogP contribution in [-0.4, -0.2) is 38.0 Å². The van der Waals surface area contributed by atoms with E-state index >= 15 is 0 Å². The number of esters is 1. The molecule has 2 aliphatic heterocycles. The largest absolute Gasteiger partial charge is 0.464 e. The first kappa shape index (κ1) is 16.1. The summed E-state index contributed by atoms with van der Waals surface area (Å²) >= 11 is 0. The lowest BCUT2D eigenvalue weighted by atomic mass is 10.0. The minimum Gasteiger partial charge on any atom is -0.464 e. The van der Waals surface area contributed by atoms with Crippen LogP contribution >= 0.6 is 0 Å². The van der Waals surface area contributed by atoms with Gasteiger partial charge in [-0.2, -0.15) is 0 Å². The lowest BCUT2D eigenvalue weighted by Gasteiger charge is -2.18. The summed E-state index contributed by atoms with van der Waals surface area (Å²) in [4.78, 5) is 12.2. The second kappa shape index (κ2) is 7.19. The Kier molecular flexibility index (Phi) is 5.03. The van der Waals surface area contributed by atoms with E-state index in [1.807, 2.05) is 0 Å². The number of ether oxygens (including phenoxy) is 1. The van der Waals surface area contributed by atoms with Gasteiger partial charge >= 0.3 is 5.97 Å². The van der Waals surface area contributed by atoms with Gasteiger partial charge in [0.25, 0.3) is 0 Å². The van der Waals surface area contributed by atoms with Crippen molar-refractivity contribution in [3.8, 4) is 0 Å². The van der Waals surface area contributed by atoms with Crippen molar-refractivity contribution in [1.29, 1.82) is 0 Å². The number of anilines is 2. The molecular formula is C17H26N4O2. The van der Waals surface area contributed by atoms with E-state index in [1.165, 1.54) is 0 Å². The third-order valence-corrected chi connectivity index (χ3v) is 4.40. The van der Waals surface area contributed by atoms with Gasteiger partial charge in [0.1, 0.15) is 12.3 Å². The summed E-state index contributed by atoms with van der Waals surface area (Å²) in [6, 6.07) is 3.88. The maximum Gasteiger partial charge on any atom is 0.328 e. The summed E-state index contributed by atoms with van der Waals surface area (Å²) in [6.07, 6.45) is 2.69. The van der Waals surface area contributed by atoms with Crippen LogP contribution in [0.3, 0.4) is 0 Å². The molecule has 0 aliphatic carbocycles. The van der Waals surface area contributed by atoms with Crippen molar-refractivity contribution in [2.45, 2.75) is 45.4 Å². The Bertz CT molecular complexity index is 570. The highest BCUT2D eigenvalue weighted by atomic mass is 16.5. The van der Waals surface area contributed by atoms with Gasteiger partial charge < -0.3 is 15.4 Å². The van der Waals surface area contributed by atoms with E-state index < -0.39 is 0 Å². The molecular weight excluding hydrogens is 292 g/mol. The van der Waals surface area contributed by atoms with Crippen LogP contribution in [0.1, 0.15) is 30.9 Å². The molecule has 0 amide bonds. The number of nitrogens with one attached hydrogen (secondary N) is 4. The molecule has 126 valence electrons. The van der Waals surface area contributed by atoms with Crippen LogP contribution in [-0.2, 0) is 16.0 Å². The number of rotatable bonds is 6. The molecule has 2 heterocycles. The van der Waals surface area contributed by atoms with Gasteiger partial charge in [-0.1, -0.05) is 19.4 Å². The number of aryl methyl sites for hydroxylation is 1. The van der Waals surface area contributed by atoms with Gasteiger partial charge in [0, 0.05) is 36.4 Å². The number of hydrogen-bond donors (Lipinski definition) is 4. The second-order valence-corrected chi connectivity index (χ2v) is 6.19. The van der Waals surface area contributed by atoms with Gasteiger partial charge in [0.15, 0.2) is 0 Å². The fourth-order valence-corrected chi connectivity index (χ4v) is 3.07. The van der Waals surface area contributed by atoms with Crippen molar-refractivity contribution < 1.29 is 9.53 Å². The van der Waals surface area contributed by atoms with Gasteiger partial charge in [0.05, 0.1) is 6.61 Å². The molecule has 3 rings (SSSR count). The summed E-state index contributed by atoms with van der Waals surface area (Å²) in [5.74, 6) is -0.155. The normalized spacial score (nSPS) is 20.2. The summed E-state index contributed by atoms with van der Waals surface area (Å²) < 4.78 is 5.36. The highest BCUT2D eigenvalue weighted by Crippen LogP contribution is 2.35. The highest BCUT2D eigenvalue weighted by Gasteiger charge is 2.31. The zero-order valence-corrected chi connectivity index (χ0v) is 13.9. The molecule has 1 fully saturated rings. The zero-order chi connectivity index (χ0) is 16.2. The number of carbonyl (C=O) groups excluding carboxylic acids is 1. The van der Waals surface area contributed by atoms with E-state index in [-0.39, 0.29) is 18.3 Å². The first-order valence-electron chi connectivity index (χ1n) is 8.48. The molecule has 0 saturated carbocycles. The smallest absolute Gasteiger partial charge is 0.328 e. The third kappa shape index (κ3) is 3.59. The van der Waals surface area contributed by atoms with Crippen LogP contribution in [0.4, 0.5) is 11.4 Å². The van der Waals surface area contributed by atoms with Crippen molar-refractivity contribution in [3.63, 3.8) is 0 Å². The average Bonchev–Trinajstić information content (AvgIpc) is 3.20. The minimum absolute atomic E-state index is 0.0809. The van der Waals surface area contributed by atoms with E-state index in [9.17, 15) is 4.79 Å². The summed E-state index contributed by atoms with van der Waals surface area (Å²) in [5, 5.41) is 13.5. The van der Waals surface area contributed by atoms with Crippen LogP contribution in [0.15, 0.2) is 12.1 Å². The van der Waals surface area contributed by atoms with Gasteiger partial charge in [-0.15, -0.1) is 0 Å². The zero-order valence-electron chi connectivity index (χ0n) is 13.9. The van der Waals surface area contributed by atoms with E-state index in [0.717, 1.165) is 48.4 Å². The number of hydrogen-bond acceptors (Lipinski definition) is 6. The van der Waals surface area contributed by atoms with Crippen molar-refractivity contribution in [1.82, 2.24) is 10.6 Å². The van der Waals surface area contributed by atoms with E-state index in [0.29, 0.717) is 13.0 Å². The number of fused-ring (bicyclic) bond motifs is 1. The van der Waals surface area contributed by atoms with E-state index in [4.69, 9.17) is 4.74 Å². The van der Waals surface area contributed by atoms with Crippen molar-refractivity contribution in [2.75, 3.05) is 30.3 Å². The van der Waals surface area contributed by atoms with Crippen LogP contribution in [0.2, 0.25) is 0 Å². The topological polar surface area (TPSA) is 74.4 Å². The molecule has 0 radical (unpaired) electrons. The molecule has 0 spiro atoms. The predicted octanol–water partition coefficient (Wildman–Crippen LogP) is 1.56. The van der Waals surface area contributed by atoms with E-state index in [1.54, 1.807) is 0 Å². The van der Waals surface area contributed by atoms with Gasteiger partial charge in [0.2, 0.25) is 0 Å². The van der Waals surface area contributed by atoms with Crippen LogP contribution in [0, 0.1) is 6.92 Å². The Hall–Kier alpha value is -1.79. The molecule has 0 aromatic heterocycles. The monoisotopic (exact) mass is 318 g/mol. The molecule has 1 saturated heterocycles. The van der Waals surface area contributed by atoms with Gasteiger partial charge in [-0.3, -0.25) is 10.6 Å². The number of unbranched alkanes of at least 4 members (excludes halogenated alkanes) is 1. The molecule has 1 atom stereocenters. The molecule has 2 aliphatic rings. The molecule has 0 bridgehead atoms. The SMILES string of the molecule is CCCCOC(=O)C1Cc2c(NC3NCCN3)ccc(C)c2N1. The maximum absolute atomic E-state index is 12.2. The maximum atomic E-state index is 12.2. The predicted molar refractivity (Wildman–Crippen MR) is 91.6 cm³/mol. The fourth-order valence-electron chi connectivity index (χ4n) is 3.07. The summed E-state index contributed by atoms with van der Waals surface area (Å²) in [5.41, 5.74) is 4.44. The first-order chi connectivity index (χ1) is 11.2. The van der Waals surface area contributed by atoms with Crippen LogP contribution in [0.5, 0.6) is 0 Å². The van der Waals surface area contributed by atoms with Crippen molar-refractivity contribution in [3.05, 3.63) is 23.3 Å². The summed E-state index contributed by atoms with van der Waals surface area (Å²) in [6.45, 7) is 6.56. The molecule has 1 aromatic rings. The average molecular weight is 318 g/mol. The first-order valence-corrected chi connectivity index (χ1v) is 8.48. The Morgan fingerprint density at radius 3 is 2.87 bits per heavy atom. The minimum atomic E-state index is -0.284. The molecule has 4 N–H and O–H groups in total. The van der Waals surface area contributed by atoms with E-state index in [2.05, 4.69) is 47.2 Å². The van der Waals surface area contributed by atoms with Crippen LogP contribution < -0.4 is 21.3 Å². The fraction of sp³-hybridized carbons (Fsp3) is 0.588. The van der Waals surface area contributed by atoms with Crippen LogP contribution in [0.25, 0.3) is 0 Å². The molecule has 6 heteroatoms. The highest BCUT2D eigenvalue weighted by molar-refractivity contribution is 5.86. The number of carbonyl (C=O) groups is 1. The Labute approximate surface area is 137 Å². The standard InChI is InChI=1S/C17H26N4O2/c1-3-4-9-23-16(22)14-10-12-13(21-17-18-7-8-19-17)6-5-11(2)15(12)20-14/h5-6,14,17-21H,3-4,7-10H2,1-2H3. The molecule has 1 unspecified atom stereocenters. The molecule has 1 aromatic carbocycles. The lowest BCUT2D eigenvalue weighted by Crippen LogP contribution is -2.39. The molecule has 6 nitrogen and oxygen atoms in total. The third-order valence-electron chi connectivity index (χ3n) is 4.40. The lowest BCUT2D eigenvalue weighted by molar-refractivity contribution is -0.144. The Balaban J connectivity index is 1.69. The summed E-state index contributed by atoms with van der Waals surface area (Å²) in [7, 11) is 0. The molecule has 23 heavy (non-hydrogen) atoms. The second-order valence-electron chi connectivity index (χ2n) is 6.19. The Morgan fingerprint density at radius 1 is 1.35 bits per heavy atom. The Morgan fingerprint density at radius 2 is 2.13 bits per heavy atom. The van der Waals surface area contributed by atoms with Crippen molar-refractivity contribution >= 4 is 17.3 Å². The van der Waals surface area contributed by atoms with Gasteiger partial charge in [-0.25, -0.2) is 4.79 Å². The quantitative estimate of drug-likeness (QED) is 0.471. The number of benzene rings is 1. The van der Waals surface area contributed by atoms with Crippen molar-refractivity contribution in [2.24, 2.45) is 0 Å². The van der Waals surface area contributed by atoms with Gasteiger partial charge in [-0.05, 0) is 25.0 Å².